The average Bonchev–Trinajstić information content (AvgIpc) is 3.07. The monoisotopic (exact) mass is 345 g/mol. The Hall–Kier alpha value is -3.41. The van der Waals surface area contributed by atoms with Gasteiger partial charge >= 0.3 is 5.69 Å². The van der Waals surface area contributed by atoms with Crippen LogP contribution in [0, 0.1) is 0 Å². The first-order valence-electron chi connectivity index (χ1n) is 8.32. The van der Waals surface area contributed by atoms with Crippen LogP contribution >= 0.6 is 0 Å². The summed E-state index contributed by atoms with van der Waals surface area (Å²) in [5, 5.41) is 0.915. The molecule has 0 radical (unpaired) electrons. The van der Waals surface area contributed by atoms with Crippen molar-refractivity contribution in [2.75, 3.05) is 19.0 Å². The molecule has 6 nitrogen and oxygen atoms in total. The van der Waals surface area contributed by atoms with E-state index in [1.807, 2.05) is 85.3 Å². The molecule has 0 unspecified atom stereocenters. The second kappa shape index (κ2) is 6.15. The first-order valence-corrected chi connectivity index (χ1v) is 8.32. The van der Waals surface area contributed by atoms with Crippen LogP contribution in [0.5, 0.6) is 0 Å². The summed E-state index contributed by atoms with van der Waals surface area (Å²) in [5.74, 6) is 0.657. The minimum atomic E-state index is -0.300. The highest BCUT2D eigenvalue weighted by Crippen LogP contribution is 2.28. The molecule has 2 aromatic heterocycles. The Kier molecular flexibility index (Phi) is 3.80. The molecule has 4 rings (SSSR count). The van der Waals surface area contributed by atoms with Crippen LogP contribution in [-0.2, 0) is 7.05 Å². The van der Waals surface area contributed by atoms with Crippen molar-refractivity contribution in [2.45, 2.75) is 0 Å². The van der Waals surface area contributed by atoms with Gasteiger partial charge < -0.3 is 9.47 Å². The van der Waals surface area contributed by atoms with Crippen molar-refractivity contribution in [1.29, 1.82) is 0 Å². The van der Waals surface area contributed by atoms with Crippen molar-refractivity contribution in [3.63, 3.8) is 0 Å². The zero-order valence-electron chi connectivity index (χ0n) is 14.9. The quantitative estimate of drug-likeness (QED) is 0.573. The number of para-hydroxylation sites is 1. The highest BCUT2D eigenvalue weighted by atomic mass is 16.1. The van der Waals surface area contributed by atoms with E-state index in [9.17, 15) is 4.79 Å². The third-order valence-corrected chi connectivity index (χ3v) is 4.31. The molecule has 0 saturated heterocycles. The van der Waals surface area contributed by atoms with Crippen molar-refractivity contribution < 1.29 is 0 Å². The first kappa shape index (κ1) is 16.1. The number of rotatable bonds is 3. The van der Waals surface area contributed by atoms with E-state index in [1.165, 1.54) is 0 Å². The minimum Gasteiger partial charge on any atom is -0.362 e. The summed E-state index contributed by atoms with van der Waals surface area (Å²) in [4.78, 5) is 23.4. The van der Waals surface area contributed by atoms with E-state index in [1.54, 1.807) is 10.9 Å². The number of aromatic nitrogens is 4. The molecule has 130 valence electrons. The van der Waals surface area contributed by atoms with Crippen LogP contribution < -0.4 is 10.6 Å². The predicted octanol–water partition coefficient (Wildman–Crippen LogP) is 2.85. The number of hydrogen-bond acceptors (Lipinski definition) is 4. The molecule has 0 fully saturated rings. The molecule has 0 N–H and O–H groups in total. The predicted molar refractivity (Wildman–Crippen MR) is 104 cm³/mol. The van der Waals surface area contributed by atoms with Gasteiger partial charge in [-0.05, 0) is 24.3 Å². The maximum atomic E-state index is 12.8. The van der Waals surface area contributed by atoms with Crippen molar-refractivity contribution in [3.8, 4) is 16.9 Å². The number of imidazole rings is 1. The van der Waals surface area contributed by atoms with Crippen LogP contribution in [0.25, 0.3) is 27.8 Å². The molecule has 2 aromatic carbocycles. The summed E-state index contributed by atoms with van der Waals surface area (Å²) in [6, 6.07) is 15.6. The van der Waals surface area contributed by atoms with Crippen molar-refractivity contribution >= 4 is 16.7 Å². The number of aryl methyl sites for hydroxylation is 1. The number of fused-ring (bicyclic) bond motifs is 1. The van der Waals surface area contributed by atoms with E-state index in [2.05, 4.69) is 9.97 Å². The van der Waals surface area contributed by atoms with Crippen LogP contribution in [0.4, 0.5) is 5.82 Å². The fourth-order valence-corrected chi connectivity index (χ4v) is 3.10. The van der Waals surface area contributed by atoms with Crippen molar-refractivity contribution in [2.24, 2.45) is 7.05 Å². The molecular formula is C20H19N5O. The van der Waals surface area contributed by atoms with Crippen molar-refractivity contribution in [3.05, 3.63) is 71.5 Å². The summed E-state index contributed by atoms with van der Waals surface area (Å²) in [5.41, 5.74) is 3.12. The minimum absolute atomic E-state index is 0.300. The lowest BCUT2D eigenvalue weighted by Gasteiger charge is -2.17. The largest absolute Gasteiger partial charge is 0.362 e. The normalized spacial score (nSPS) is 11.0. The Balaban J connectivity index is 2.07. The van der Waals surface area contributed by atoms with Crippen molar-refractivity contribution in [1.82, 2.24) is 19.1 Å². The second-order valence-electron chi connectivity index (χ2n) is 6.44. The van der Waals surface area contributed by atoms with Crippen LogP contribution in [0.2, 0.25) is 0 Å². The summed E-state index contributed by atoms with van der Waals surface area (Å²) < 4.78 is 3.55. The molecule has 6 heteroatoms. The smallest absolute Gasteiger partial charge is 0.354 e. The maximum absolute atomic E-state index is 12.8. The van der Waals surface area contributed by atoms with E-state index >= 15 is 0 Å². The average molecular weight is 345 g/mol. The zero-order valence-corrected chi connectivity index (χ0v) is 14.9. The van der Waals surface area contributed by atoms with Gasteiger partial charge in [0.25, 0.3) is 0 Å². The van der Waals surface area contributed by atoms with Gasteiger partial charge in [-0.15, -0.1) is 0 Å². The lowest BCUT2D eigenvalue weighted by molar-refractivity contribution is 0.913. The number of anilines is 1. The van der Waals surface area contributed by atoms with Gasteiger partial charge in [0.2, 0.25) is 0 Å². The molecule has 4 aromatic rings. The Labute approximate surface area is 151 Å². The Morgan fingerprint density at radius 3 is 2.46 bits per heavy atom. The molecular weight excluding hydrogens is 326 g/mol. The van der Waals surface area contributed by atoms with E-state index in [0.29, 0.717) is 5.82 Å². The SMILES string of the molecule is CN(C)c1nc(=O)n(-c2ccccc2)c2cc(-c3cn(C)cn3)ccc12. The Morgan fingerprint density at radius 1 is 1.04 bits per heavy atom. The summed E-state index contributed by atoms with van der Waals surface area (Å²) >= 11 is 0. The van der Waals surface area contributed by atoms with Gasteiger partial charge in [-0.2, -0.15) is 4.98 Å². The van der Waals surface area contributed by atoms with Crippen LogP contribution in [-0.4, -0.2) is 33.2 Å². The Bertz CT molecular complexity index is 1140. The maximum Gasteiger partial charge on any atom is 0.354 e. The van der Waals surface area contributed by atoms with E-state index < -0.39 is 0 Å². The molecule has 26 heavy (non-hydrogen) atoms. The number of nitrogens with zero attached hydrogens (tertiary/aromatic N) is 5. The van der Waals surface area contributed by atoms with Gasteiger partial charge in [0.15, 0.2) is 0 Å². The molecule has 0 bridgehead atoms. The highest BCUT2D eigenvalue weighted by molar-refractivity contribution is 5.93. The summed E-state index contributed by atoms with van der Waals surface area (Å²) in [6.45, 7) is 0. The molecule has 0 atom stereocenters. The van der Waals surface area contributed by atoms with Gasteiger partial charge in [-0.25, -0.2) is 9.78 Å². The molecule has 0 aliphatic carbocycles. The van der Waals surface area contributed by atoms with Gasteiger partial charge in [-0.1, -0.05) is 24.3 Å². The zero-order chi connectivity index (χ0) is 18.3. The molecule has 0 amide bonds. The summed E-state index contributed by atoms with van der Waals surface area (Å²) in [7, 11) is 5.72. The molecule has 0 aliphatic heterocycles. The standard InChI is InChI=1S/C20H19N5O/c1-23(2)19-16-10-9-14(17-12-24(3)13-21-17)11-18(16)25(20(26)22-19)15-7-5-4-6-8-15/h4-13H,1-3H3. The van der Waals surface area contributed by atoms with E-state index in [0.717, 1.165) is 27.8 Å². The van der Waals surface area contributed by atoms with Gasteiger partial charge in [0, 0.05) is 38.3 Å². The van der Waals surface area contributed by atoms with Crippen LogP contribution in [0.15, 0.2) is 65.8 Å². The second-order valence-corrected chi connectivity index (χ2v) is 6.44. The molecule has 2 heterocycles. The van der Waals surface area contributed by atoms with E-state index in [-0.39, 0.29) is 5.69 Å². The summed E-state index contributed by atoms with van der Waals surface area (Å²) in [6.07, 6.45) is 3.72. The fraction of sp³-hybridized carbons (Fsp3) is 0.150. The topological polar surface area (TPSA) is 56.0 Å². The fourth-order valence-electron chi connectivity index (χ4n) is 3.10. The molecule has 0 spiro atoms. The van der Waals surface area contributed by atoms with Crippen LogP contribution in [0.1, 0.15) is 0 Å². The highest BCUT2D eigenvalue weighted by Gasteiger charge is 2.14. The third kappa shape index (κ3) is 2.65. The Morgan fingerprint density at radius 2 is 1.81 bits per heavy atom. The molecule has 0 saturated carbocycles. The van der Waals surface area contributed by atoms with Gasteiger partial charge in [0.05, 0.1) is 23.2 Å². The van der Waals surface area contributed by atoms with Gasteiger partial charge in [0.1, 0.15) is 5.82 Å². The first-order chi connectivity index (χ1) is 12.5. The number of benzene rings is 2. The lowest BCUT2D eigenvalue weighted by atomic mass is 10.1. The third-order valence-electron chi connectivity index (χ3n) is 4.31. The lowest BCUT2D eigenvalue weighted by Crippen LogP contribution is -2.25. The molecule has 0 aliphatic rings. The van der Waals surface area contributed by atoms with E-state index in [4.69, 9.17) is 0 Å². The van der Waals surface area contributed by atoms with Gasteiger partial charge in [-0.3, -0.25) is 4.57 Å². The number of hydrogen-bond donors (Lipinski definition) is 0. The van der Waals surface area contributed by atoms with Crippen LogP contribution in [0.3, 0.4) is 0 Å².